The number of rotatable bonds is 8. The molecule has 0 saturated heterocycles. The highest BCUT2D eigenvalue weighted by molar-refractivity contribution is 7.97. The summed E-state index contributed by atoms with van der Waals surface area (Å²) in [7, 11) is -5.04. The van der Waals surface area contributed by atoms with Crippen molar-refractivity contribution in [3.8, 4) is 0 Å². The van der Waals surface area contributed by atoms with Gasteiger partial charge in [0, 0.05) is 26.2 Å². The molecule has 0 bridgehead atoms. The molecule has 0 spiro atoms. The standard InChI is InChI=1S/C21H24N2O6S2/c1-4-5-14-23(31(28,29)16-12-10-15(11-13-16)21(24)25)20-19(22(2)3)17-8-6-7-9-18(17)30(20,26)27/h6-13H,4-5,14H2,1-3H3,(H,24,25). The second-order valence-electron chi connectivity index (χ2n) is 7.31. The van der Waals surface area contributed by atoms with E-state index in [0.29, 0.717) is 24.1 Å². The van der Waals surface area contributed by atoms with Gasteiger partial charge in [-0.05, 0) is 36.8 Å². The molecule has 0 amide bonds. The van der Waals surface area contributed by atoms with Crippen LogP contribution in [-0.4, -0.2) is 57.8 Å². The lowest BCUT2D eigenvalue weighted by molar-refractivity contribution is 0.0696. The molecule has 31 heavy (non-hydrogen) atoms. The van der Waals surface area contributed by atoms with Crippen molar-refractivity contribution in [1.82, 2.24) is 9.21 Å². The van der Waals surface area contributed by atoms with Crippen molar-refractivity contribution in [3.63, 3.8) is 0 Å². The van der Waals surface area contributed by atoms with E-state index in [2.05, 4.69) is 0 Å². The summed E-state index contributed by atoms with van der Waals surface area (Å²) in [4.78, 5) is 12.6. The lowest BCUT2D eigenvalue weighted by atomic mass is 10.1. The van der Waals surface area contributed by atoms with Crippen LogP contribution in [0.4, 0.5) is 0 Å². The predicted molar refractivity (Wildman–Crippen MR) is 116 cm³/mol. The average Bonchev–Trinajstić information content (AvgIpc) is 2.96. The number of nitrogens with zero attached hydrogens (tertiary/aromatic N) is 2. The first-order valence-corrected chi connectivity index (χ1v) is 12.6. The maximum atomic E-state index is 13.6. The lowest BCUT2D eigenvalue weighted by Gasteiger charge is -2.27. The number of aromatic carboxylic acids is 1. The molecule has 0 atom stereocenters. The highest BCUT2D eigenvalue weighted by Crippen LogP contribution is 2.43. The van der Waals surface area contributed by atoms with Crippen molar-refractivity contribution < 1.29 is 26.7 Å². The van der Waals surface area contributed by atoms with Crippen LogP contribution in [0.15, 0.2) is 63.4 Å². The topological polar surface area (TPSA) is 112 Å². The number of hydrogen-bond acceptors (Lipinski definition) is 6. The van der Waals surface area contributed by atoms with E-state index in [1.807, 2.05) is 6.92 Å². The first-order valence-electron chi connectivity index (χ1n) is 9.65. The van der Waals surface area contributed by atoms with Crippen LogP contribution in [-0.2, 0) is 19.9 Å². The Labute approximate surface area is 182 Å². The van der Waals surface area contributed by atoms with Crippen molar-refractivity contribution >= 4 is 31.5 Å². The molecule has 1 aliphatic heterocycles. The van der Waals surface area contributed by atoms with E-state index in [1.165, 1.54) is 30.3 Å². The molecule has 1 aliphatic rings. The second kappa shape index (κ2) is 8.35. The van der Waals surface area contributed by atoms with Crippen LogP contribution in [0.3, 0.4) is 0 Å². The Balaban J connectivity index is 2.25. The van der Waals surface area contributed by atoms with Crippen LogP contribution in [0, 0.1) is 0 Å². The summed E-state index contributed by atoms with van der Waals surface area (Å²) < 4.78 is 55.0. The van der Waals surface area contributed by atoms with Crippen LogP contribution in [0.1, 0.15) is 35.7 Å². The lowest BCUT2D eigenvalue weighted by Crippen LogP contribution is -2.35. The predicted octanol–water partition coefficient (Wildman–Crippen LogP) is 2.85. The van der Waals surface area contributed by atoms with Gasteiger partial charge in [-0.1, -0.05) is 31.5 Å². The summed E-state index contributed by atoms with van der Waals surface area (Å²) in [6.45, 7) is 1.85. The normalized spacial score (nSPS) is 14.9. The highest BCUT2D eigenvalue weighted by atomic mass is 32.2. The number of hydrogen-bond donors (Lipinski definition) is 1. The van der Waals surface area contributed by atoms with Crippen LogP contribution < -0.4 is 0 Å². The average molecular weight is 465 g/mol. The summed E-state index contributed by atoms with van der Waals surface area (Å²) in [6, 6.07) is 11.2. The van der Waals surface area contributed by atoms with Gasteiger partial charge in [-0.2, -0.15) is 0 Å². The Morgan fingerprint density at radius 1 is 1.03 bits per heavy atom. The van der Waals surface area contributed by atoms with Gasteiger partial charge in [-0.25, -0.2) is 21.6 Å². The zero-order valence-electron chi connectivity index (χ0n) is 17.4. The fraction of sp³-hybridized carbons (Fsp3) is 0.286. The van der Waals surface area contributed by atoms with Gasteiger partial charge in [-0.15, -0.1) is 0 Å². The summed E-state index contributed by atoms with van der Waals surface area (Å²) in [5.74, 6) is -1.18. The van der Waals surface area contributed by atoms with E-state index < -0.39 is 25.8 Å². The first kappa shape index (κ1) is 22.8. The van der Waals surface area contributed by atoms with Gasteiger partial charge >= 0.3 is 5.97 Å². The van der Waals surface area contributed by atoms with Gasteiger partial charge in [-0.3, -0.25) is 4.31 Å². The quantitative estimate of drug-likeness (QED) is 0.639. The zero-order chi connectivity index (χ0) is 23.0. The Kier molecular flexibility index (Phi) is 6.15. The molecule has 8 nitrogen and oxygen atoms in total. The number of sulfone groups is 1. The Morgan fingerprint density at radius 3 is 2.19 bits per heavy atom. The number of carbonyl (C=O) groups is 1. The van der Waals surface area contributed by atoms with Crippen LogP contribution in [0.25, 0.3) is 5.70 Å². The van der Waals surface area contributed by atoms with Crippen molar-refractivity contribution in [2.45, 2.75) is 29.6 Å². The highest BCUT2D eigenvalue weighted by Gasteiger charge is 2.43. The Bertz CT molecular complexity index is 1250. The minimum Gasteiger partial charge on any atom is -0.478 e. The zero-order valence-corrected chi connectivity index (χ0v) is 19.1. The fourth-order valence-electron chi connectivity index (χ4n) is 3.46. The number of benzene rings is 2. The number of sulfonamides is 1. The smallest absolute Gasteiger partial charge is 0.335 e. The molecule has 0 radical (unpaired) electrons. The van der Waals surface area contributed by atoms with Crippen LogP contribution in [0.2, 0.25) is 0 Å². The van der Waals surface area contributed by atoms with Crippen molar-refractivity contribution in [3.05, 3.63) is 64.7 Å². The van der Waals surface area contributed by atoms with Gasteiger partial charge < -0.3 is 10.0 Å². The van der Waals surface area contributed by atoms with E-state index in [-0.39, 0.29) is 26.9 Å². The number of unbranched alkanes of at least 4 members (excludes halogenated alkanes) is 1. The SMILES string of the molecule is CCCCN(C1=C(N(C)C)c2ccccc2S1(=O)=O)S(=O)(=O)c1ccc(C(=O)O)cc1. The molecule has 2 aromatic rings. The molecule has 0 unspecified atom stereocenters. The minimum absolute atomic E-state index is 0.0284. The van der Waals surface area contributed by atoms with E-state index in [4.69, 9.17) is 5.11 Å². The largest absolute Gasteiger partial charge is 0.478 e. The molecule has 0 aliphatic carbocycles. The van der Waals surface area contributed by atoms with Crippen LogP contribution in [0.5, 0.6) is 0 Å². The maximum absolute atomic E-state index is 13.6. The molecule has 3 rings (SSSR count). The Hall–Kier alpha value is -2.85. The summed E-state index contributed by atoms with van der Waals surface area (Å²) >= 11 is 0. The van der Waals surface area contributed by atoms with E-state index in [1.54, 1.807) is 37.2 Å². The first-order chi connectivity index (χ1) is 14.5. The van der Waals surface area contributed by atoms with E-state index in [9.17, 15) is 21.6 Å². The summed E-state index contributed by atoms with van der Waals surface area (Å²) in [6.07, 6.45) is 1.10. The number of carboxylic acid groups (broad SMARTS) is 1. The maximum Gasteiger partial charge on any atom is 0.335 e. The van der Waals surface area contributed by atoms with Gasteiger partial charge in [0.2, 0.25) is 9.84 Å². The van der Waals surface area contributed by atoms with Gasteiger partial charge in [0.25, 0.3) is 10.0 Å². The van der Waals surface area contributed by atoms with Crippen molar-refractivity contribution in [1.29, 1.82) is 0 Å². The summed E-state index contributed by atoms with van der Waals surface area (Å²) in [5.41, 5.74) is 0.686. The Morgan fingerprint density at radius 2 is 1.65 bits per heavy atom. The van der Waals surface area contributed by atoms with Gasteiger partial charge in [0.1, 0.15) is 0 Å². The molecule has 2 aromatic carbocycles. The monoisotopic (exact) mass is 464 g/mol. The number of fused-ring (bicyclic) bond motifs is 1. The molecule has 166 valence electrons. The van der Waals surface area contributed by atoms with E-state index in [0.717, 1.165) is 4.31 Å². The van der Waals surface area contributed by atoms with Crippen molar-refractivity contribution in [2.24, 2.45) is 0 Å². The molecular formula is C21H24N2O6S2. The van der Waals surface area contributed by atoms with Crippen LogP contribution >= 0.6 is 0 Å². The molecular weight excluding hydrogens is 440 g/mol. The minimum atomic E-state index is -4.28. The second-order valence-corrected chi connectivity index (χ2v) is 11.0. The third-order valence-electron chi connectivity index (χ3n) is 4.97. The molecule has 0 fully saturated rings. The molecule has 1 heterocycles. The van der Waals surface area contributed by atoms with Gasteiger partial charge in [0.15, 0.2) is 5.03 Å². The molecule has 1 N–H and O–H groups in total. The third kappa shape index (κ3) is 3.92. The third-order valence-corrected chi connectivity index (χ3v) is 8.75. The van der Waals surface area contributed by atoms with Gasteiger partial charge in [0.05, 0.1) is 21.1 Å². The molecule has 0 saturated carbocycles. The van der Waals surface area contributed by atoms with E-state index >= 15 is 0 Å². The fourth-order valence-corrected chi connectivity index (χ4v) is 7.28. The molecule has 10 heteroatoms. The van der Waals surface area contributed by atoms with Crippen molar-refractivity contribution in [2.75, 3.05) is 20.6 Å². The molecule has 0 aromatic heterocycles. The summed E-state index contributed by atoms with van der Waals surface area (Å²) in [5, 5.41) is 8.81. The number of carboxylic acids is 1.